The van der Waals surface area contributed by atoms with Gasteiger partial charge in [0, 0.05) is 11.6 Å². The minimum absolute atomic E-state index is 0.0253. The van der Waals surface area contributed by atoms with Gasteiger partial charge in [0.15, 0.2) is 11.6 Å². The monoisotopic (exact) mass is 293 g/mol. The molecule has 0 amide bonds. The maximum atomic E-state index is 13.4. The molecule has 0 aliphatic carbocycles. The Morgan fingerprint density at radius 3 is 2.33 bits per heavy atom. The van der Waals surface area contributed by atoms with E-state index in [1.807, 2.05) is 27.7 Å². The molecule has 1 aromatic heterocycles. The lowest BCUT2D eigenvalue weighted by Gasteiger charge is -2.19. The molecule has 0 bridgehead atoms. The summed E-state index contributed by atoms with van der Waals surface area (Å²) in [5, 5.41) is 3.40. The summed E-state index contributed by atoms with van der Waals surface area (Å²) < 4.78 is 32.1. The minimum Gasteiger partial charge on any atom is -0.466 e. The number of hydrogen-bond donors (Lipinski definition) is 1. The van der Waals surface area contributed by atoms with Crippen LogP contribution in [0.5, 0.6) is 0 Å². The molecule has 0 radical (unpaired) electrons. The highest BCUT2D eigenvalue weighted by atomic mass is 19.2. The van der Waals surface area contributed by atoms with Crippen LogP contribution in [0.1, 0.15) is 41.2 Å². The van der Waals surface area contributed by atoms with Gasteiger partial charge >= 0.3 is 0 Å². The van der Waals surface area contributed by atoms with Crippen molar-refractivity contribution in [3.63, 3.8) is 0 Å². The highest BCUT2D eigenvalue weighted by Crippen LogP contribution is 2.29. The van der Waals surface area contributed by atoms with E-state index in [2.05, 4.69) is 5.32 Å². The topological polar surface area (TPSA) is 25.2 Å². The summed E-state index contributed by atoms with van der Waals surface area (Å²) in [6.07, 6.45) is 0.589. The largest absolute Gasteiger partial charge is 0.466 e. The van der Waals surface area contributed by atoms with Gasteiger partial charge in [-0.3, -0.25) is 0 Å². The van der Waals surface area contributed by atoms with Gasteiger partial charge in [0.2, 0.25) is 0 Å². The van der Waals surface area contributed by atoms with Gasteiger partial charge in [0.05, 0.1) is 0 Å². The van der Waals surface area contributed by atoms with E-state index in [1.54, 1.807) is 6.07 Å². The van der Waals surface area contributed by atoms with Crippen molar-refractivity contribution < 1.29 is 13.2 Å². The fourth-order valence-electron chi connectivity index (χ4n) is 2.75. The zero-order valence-corrected chi connectivity index (χ0v) is 12.9. The van der Waals surface area contributed by atoms with Crippen LogP contribution in [0.25, 0.3) is 0 Å². The van der Waals surface area contributed by atoms with Crippen LogP contribution >= 0.6 is 0 Å². The average Bonchev–Trinajstić information content (AvgIpc) is 2.67. The Morgan fingerprint density at radius 2 is 1.81 bits per heavy atom. The first-order valence-corrected chi connectivity index (χ1v) is 7.17. The lowest BCUT2D eigenvalue weighted by molar-refractivity contribution is 0.482. The second-order valence-electron chi connectivity index (χ2n) is 5.32. The Hall–Kier alpha value is -1.68. The third kappa shape index (κ3) is 3.32. The molecule has 1 aromatic carbocycles. The number of rotatable bonds is 5. The Balaban J connectivity index is 2.32. The second-order valence-corrected chi connectivity index (χ2v) is 5.32. The van der Waals surface area contributed by atoms with E-state index in [4.69, 9.17) is 4.42 Å². The Kier molecular flexibility index (Phi) is 4.78. The van der Waals surface area contributed by atoms with E-state index in [-0.39, 0.29) is 6.04 Å². The molecule has 1 heterocycles. The number of aryl methyl sites for hydroxylation is 2. The van der Waals surface area contributed by atoms with E-state index >= 15 is 0 Å². The van der Waals surface area contributed by atoms with Crippen LogP contribution in [0.4, 0.5) is 8.78 Å². The number of halogens is 2. The Bertz CT molecular complexity index is 634. The fourth-order valence-corrected chi connectivity index (χ4v) is 2.75. The van der Waals surface area contributed by atoms with E-state index in [1.165, 1.54) is 12.1 Å². The van der Waals surface area contributed by atoms with Crippen molar-refractivity contribution in [3.05, 3.63) is 58.0 Å². The second kappa shape index (κ2) is 6.39. The molecule has 1 unspecified atom stereocenters. The number of likely N-dealkylation sites (N-methyl/N-ethyl adjacent to an activating group) is 1. The standard InChI is InChI=1S/C17H21F2NO/c1-5-20-16(17-10(2)11(3)21-12(17)4)9-13-6-7-14(18)15(19)8-13/h6-8,16,20H,5,9H2,1-4H3. The van der Waals surface area contributed by atoms with Crippen LogP contribution < -0.4 is 5.32 Å². The molecule has 2 aromatic rings. The maximum absolute atomic E-state index is 13.4. The number of nitrogens with one attached hydrogen (secondary N) is 1. The van der Waals surface area contributed by atoms with E-state index in [0.717, 1.165) is 34.8 Å². The summed E-state index contributed by atoms with van der Waals surface area (Å²) in [6, 6.07) is 4.09. The van der Waals surface area contributed by atoms with Crippen molar-refractivity contribution >= 4 is 0 Å². The molecule has 0 aliphatic rings. The predicted molar refractivity (Wildman–Crippen MR) is 79.4 cm³/mol. The molecule has 21 heavy (non-hydrogen) atoms. The van der Waals surface area contributed by atoms with Crippen molar-refractivity contribution in [1.29, 1.82) is 0 Å². The van der Waals surface area contributed by atoms with Gasteiger partial charge in [-0.05, 0) is 57.0 Å². The van der Waals surface area contributed by atoms with E-state index < -0.39 is 11.6 Å². The zero-order valence-electron chi connectivity index (χ0n) is 12.9. The smallest absolute Gasteiger partial charge is 0.159 e. The maximum Gasteiger partial charge on any atom is 0.159 e. The quantitative estimate of drug-likeness (QED) is 0.885. The molecular weight excluding hydrogens is 272 g/mol. The summed E-state index contributed by atoms with van der Waals surface area (Å²) in [5.74, 6) is 0.152. The third-order valence-electron chi connectivity index (χ3n) is 3.84. The van der Waals surface area contributed by atoms with Crippen molar-refractivity contribution in [2.45, 2.75) is 40.2 Å². The molecular formula is C17H21F2NO. The SMILES string of the molecule is CCNC(Cc1ccc(F)c(F)c1)c1c(C)oc(C)c1C. The molecule has 0 saturated heterocycles. The molecule has 0 saturated carbocycles. The lowest BCUT2D eigenvalue weighted by atomic mass is 9.95. The normalized spacial score (nSPS) is 12.7. The third-order valence-corrected chi connectivity index (χ3v) is 3.84. The molecule has 0 fully saturated rings. The van der Waals surface area contributed by atoms with Gasteiger partial charge in [0.25, 0.3) is 0 Å². The summed E-state index contributed by atoms with van der Waals surface area (Å²) in [5.41, 5.74) is 2.98. The average molecular weight is 293 g/mol. The highest BCUT2D eigenvalue weighted by molar-refractivity contribution is 5.35. The van der Waals surface area contributed by atoms with Gasteiger partial charge in [-0.1, -0.05) is 13.0 Å². The van der Waals surface area contributed by atoms with Crippen molar-refractivity contribution in [1.82, 2.24) is 5.32 Å². The molecule has 1 atom stereocenters. The van der Waals surface area contributed by atoms with Gasteiger partial charge in [-0.25, -0.2) is 8.78 Å². The van der Waals surface area contributed by atoms with Gasteiger partial charge in [-0.2, -0.15) is 0 Å². The summed E-state index contributed by atoms with van der Waals surface area (Å²) in [7, 11) is 0. The van der Waals surface area contributed by atoms with Gasteiger partial charge in [-0.15, -0.1) is 0 Å². The molecule has 0 spiro atoms. The van der Waals surface area contributed by atoms with Crippen LogP contribution in [-0.4, -0.2) is 6.54 Å². The van der Waals surface area contributed by atoms with Gasteiger partial charge < -0.3 is 9.73 Å². The Morgan fingerprint density at radius 1 is 1.10 bits per heavy atom. The van der Waals surface area contributed by atoms with Crippen LogP contribution in [0.3, 0.4) is 0 Å². The molecule has 0 aliphatic heterocycles. The summed E-state index contributed by atoms with van der Waals surface area (Å²) in [6.45, 7) is 8.71. The van der Waals surface area contributed by atoms with Crippen molar-refractivity contribution in [2.24, 2.45) is 0 Å². The van der Waals surface area contributed by atoms with Crippen LogP contribution in [-0.2, 0) is 6.42 Å². The first-order chi connectivity index (χ1) is 9.93. The zero-order chi connectivity index (χ0) is 15.6. The van der Waals surface area contributed by atoms with Crippen LogP contribution in [0.2, 0.25) is 0 Å². The number of benzene rings is 1. The summed E-state index contributed by atoms with van der Waals surface area (Å²) >= 11 is 0. The molecule has 1 N–H and O–H groups in total. The molecule has 2 nitrogen and oxygen atoms in total. The first-order valence-electron chi connectivity index (χ1n) is 7.17. The highest BCUT2D eigenvalue weighted by Gasteiger charge is 2.21. The Labute approximate surface area is 124 Å². The van der Waals surface area contributed by atoms with Gasteiger partial charge in [0.1, 0.15) is 11.5 Å². The fraction of sp³-hybridized carbons (Fsp3) is 0.412. The number of furan rings is 1. The predicted octanol–water partition coefficient (Wildman–Crippen LogP) is 4.38. The van der Waals surface area contributed by atoms with Crippen LogP contribution in [0, 0.1) is 32.4 Å². The molecule has 2 rings (SSSR count). The van der Waals surface area contributed by atoms with E-state index in [0.29, 0.717) is 6.42 Å². The summed E-state index contributed by atoms with van der Waals surface area (Å²) in [4.78, 5) is 0. The number of hydrogen-bond acceptors (Lipinski definition) is 2. The van der Waals surface area contributed by atoms with Crippen molar-refractivity contribution in [2.75, 3.05) is 6.54 Å². The molecule has 114 valence electrons. The first kappa shape index (κ1) is 15.7. The van der Waals surface area contributed by atoms with E-state index in [9.17, 15) is 8.78 Å². The minimum atomic E-state index is -0.815. The lowest BCUT2D eigenvalue weighted by Crippen LogP contribution is -2.24. The van der Waals surface area contributed by atoms with Crippen molar-refractivity contribution in [3.8, 4) is 0 Å². The van der Waals surface area contributed by atoms with Crippen LogP contribution in [0.15, 0.2) is 22.6 Å². The molecule has 4 heteroatoms.